The number of rotatable bonds is 7. The number of nitrogens with one attached hydrogen (secondary N) is 1. The van der Waals surface area contributed by atoms with Crippen LogP contribution in [0.3, 0.4) is 0 Å². The van der Waals surface area contributed by atoms with Crippen molar-refractivity contribution in [2.24, 2.45) is 5.92 Å². The first kappa shape index (κ1) is 17.0. The molecule has 0 saturated heterocycles. The van der Waals surface area contributed by atoms with Crippen LogP contribution < -0.4 is 4.72 Å². The van der Waals surface area contributed by atoms with Gasteiger partial charge in [-0.3, -0.25) is 4.72 Å². The van der Waals surface area contributed by atoms with Crippen LogP contribution in [-0.2, 0) is 21.2 Å². The quantitative estimate of drug-likeness (QED) is 0.784. The largest absolute Gasteiger partial charge is 0.462 e. The molecule has 0 aliphatic carbocycles. The van der Waals surface area contributed by atoms with E-state index in [-0.39, 0.29) is 18.3 Å². The van der Waals surface area contributed by atoms with Gasteiger partial charge in [-0.1, -0.05) is 20.8 Å². The van der Waals surface area contributed by atoms with Gasteiger partial charge in [0.1, 0.15) is 5.00 Å². The monoisotopic (exact) mass is 319 g/mol. The molecule has 0 bridgehead atoms. The summed E-state index contributed by atoms with van der Waals surface area (Å²) in [6.45, 7) is 7.59. The second kappa shape index (κ2) is 7.08. The van der Waals surface area contributed by atoms with Gasteiger partial charge in [-0.25, -0.2) is 13.2 Å². The van der Waals surface area contributed by atoms with E-state index < -0.39 is 16.0 Å². The Morgan fingerprint density at radius 2 is 2.05 bits per heavy atom. The zero-order chi connectivity index (χ0) is 15.3. The van der Waals surface area contributed by atoms with Crippen molar-refractivity contribution in [3.63, 3.8) is 0 Å². The molecule has 0 fully saturated rings. The van der Waals surface area contributed by atoms with E-state index in [1.807, 2.05) is 20.8 Å². The van der Waals surface area contributed by atoms with Crippen molar-refractivity contribution < 1.29 is 17.9 Å². The summed E-state index contributed by atoms with van der Waals surface area (Å²) in [5.74, 6) is -0.455. The topological polar surface area (TPSA) is 72.5 Å². The highest BCUT2D eigenvalue weighted by atomic mass is 32.2. The SMILES string of the molecule is CCOC(=O)c1cc(CC)sc1NS(=O)(=O)CC(C)C. The number of carbonyl (C=O) groups is 1. The van der Waals surface area contributed by atoms with E-state index in [1.54, 1.807) is 13.0 Å². The molecule has 1 aromatic rings. The van der Waals surface area contributed by atoms with Gasteiger partial charge < -0.3 is 4.74 Å². The van der Waals surface area contributed by atoms with Crippen LogP contribution in [0.25, 0.3) is 0 Å². The third-order valence-corrected chi connectivity index (χ3v) is 5.37. The molecule has 0 spiro atoms. The smallest absolute Gasteiger partial charge is 0.341 e. The van der Waals surface area contributed by atoms with E-state index in [9.17, 15) is 13.2 Å². The van der Waals surface area contributed by atoms with Crippen LogP contribution in [-0.4, -0.2) is 26.7 Å². The maximum atomic E-state index is 12.0. The molecular weight excluding hydrogens is 298 g/mol. The van der Waals surface area contributed by atoms with Crippen LogP contribution >= 0.6 is 11.3 Å². The van der Waals surface area contributed by atoms with E-state index in [0.29, 0.717) is 10.6 Å². The van der Waals surface area contributed by atoms with E-state index in [2.05, 4.69) is 4.72 Å². The van der Waals surface area contributed by atoms with Crippen molar-refractivity contribution in [2.75, 3.05) is 17.1 Å². The molecule has 0 amide bonds. The average Bonchev–Trinajstić information content (AvgIpc) is 2.69. The van der Waals surface area contributed by atoms with Crippen molar-refractivity contribution in [1.82, 2.24) is 0 Å². The van der Waals surface area contributed by atoms with Gasteiger partial charge in [-0.2, -0.15) is 0 Å². The summed E-state index contributed by atoms with van der Waals surface area (Å²) in [6, 6.07) is 1.69. The minimum Gasteiger partial charge on any atom is -0.462 e. The number of hydrogen-bond donors (Lipinski definition) is 1. The molecule has 7 heteroatoms. The molecule has 0 unspecified atom stereocenters. The lowest BCUT2D eigenvalue weighted by Gasteiger charge is -2.09. The number of carbonyl (C=O) groups excluding carboxylic acids is 1. The summed E-state index contributed by atoms with van der Waals surface area (Å²) in [6.07, 6.45) is 0.739. The van der Waals surface area contributed by atoms with Crippen molar-refractivity contribution in [3.8, 4) is 0 Å². The van der Waals surface area contributed by atoms with Gasteiger partial charge in [-0.15, -0.1) is 11.3 Å². The Bertz CT molecular complexity index is 561. The number of thiophene rings is 1. The fourth-order valence-electron chi connectivity index (χ4n) is 1.67. The van der Waals surface area contributed by atoms with Gasteiger partial charge in [0.2, 0.25) is 10.0 Å². The molecule has 0 atom stereocenters. The molecule has 0 aliphatic rings. The minimum absolute atomic E-state index is 0.0177. The lowest BCUT2D eigenvalue weighted by molar-refractivity contribution is 0.0528. The van der Waals surface area contributed by atoms with Crippen molar-refractivity contribution in [1.29, 1.82) is 0 Å². The van der Waals surface area contributed by atoms with Gasteiger partial charge in [0.05, 0.1) is 17.9 Å². The number of hydrogen-bond acceptors (Lipinski definition) is 5. The summed E-state index contributed by atoms with van der Waals surface area (Å²) in [5, 5.41) is 0.348. The molecule has 0 aliphatic heterocycles. The summed E-state index contributed by atoms with van der Waals surface area (Å²) < 4.78 is 31.4. The van der Waals surface area contributed by atoms with Crippen molar-refractivity contribution in [2.45, 2.75) is 34.1 Å². The lowest BCUT2D eigenvalue weighted by Crippen LogP contribution is -2.20. The summed E-state index contributed by atoms with van der Waals surface area (Å²) in [7, 11) is -3.45. The van der Waals surface area contributed by atoms with E-state index >= 15 is 0 Å². The highest BCUT2D eigenvalue weighted by Crippen LogP contribution is 2.30. The van der Waals surface area contributed by atoms with Crippen molar-refractivity contribution in [3.05, 3.63) is 16.5 Å². The van der Waals surface area contributed by atoms with E-state index in [0.717, 1.165) is 11.3 Å². The van der Waals surface area contributed by atoms with Crippen LogP contribution in [0.2, 0.25) is 0 Å². The Labute approximate surface area is 124 Å². The molecule has 0 radical (unpaired) electrons. The molecule has 1 rings (SSSR count). The number of sulfonamides is 1. The van der Waals surface area contributed by atoms with Gasteiger partial charge in [0, 0.05) is 4.88 Å². The molecular formula is C13H21NO4S2. The van der Waals surface area contributed by atoms with Crippen molar-refractivity contribution >= 4 is 32.3 Å². The molecule has 1 N–H and O–H groups in total. The van der Waals surface area contributed by atoms with Crippen LogP contribution in [0.1, 0.15) is 42.9 Å². The van der Waals surface area contributed by atoms with Gasteiger partial charge >= 0.3 is 5.97 Å². The maximum Gasteiger partial charge on any atom is 0.341 e. The molecule has 0 saturated carbocycles. The second-order valence-electron chi connectivity index (χ2n) is 4.81. The van der Waals surface area contributed by atoms with Gasteiger partial charge in [0.15, 0.2) is 0 Å². The molecule has 1 heterocycles. The third kappa shape index (κ3) is 4.79. The zero-order valence-electron chi connectivity index (χ0n) is 12.2. The Kier molecular flexibility index (Phi) is 6.01. The number of esters is 1. The highest BCUT2D eigenvalue weighted by molar-refractivity contribution is 7.92. The maximum absolute atomic E-state index is 12.0. The summed E-state index contributed by atoms with van der Waals surface area (Å²) in [4.78, 5) is 12.8. The highest BCUT2D eigenvalue weighted by Gasteiger charge is 2.21. The molecule has 1 aromatic heterocycles. The average molecular weight is 319 g/mol. The fraction of sp³-hybridized carbons (Fsp3) is 0.615. The predicted octanol–water partition coefficient (Wildman–Crippen LogP) is 2.88. The first-order valence-electron chi connectivity index (χ1n) is 6.59. The molecule has 0 aromatic carbocycles. The standard InChI is InChI=1S/C13H21NO4S2/c1-5-10-7-11(13(15)18-6-2)12(19-10)14-20(16,17)8-9(3)4/h7,9,14H,5-6,8H2,1-4H3. The molecule has 5 nitrogen and oxygen atoms in total. The fourth-order valence-corrected chi connectivity index (χ4v) is 4.41. The van der Waals surface area contributed by atoms with E-state index in [1.165, 1.54) is 11.3 Å². The van der Waals surface area contributed by atoms with Gasteiger partial charge in [0.25, 0.3) is 0 Å². The van der Waals surface area contributed by atoms with Crippen LogP contribution in [0.5, 0.6) is 0 Å². The number of anilines is 1. The van der Waals surface area contributed by atoms with Gasteiger partial charge in [-0.05, 0) is 25.3 Å². The minimum atomic E-state index is -3.45. The van der Waals surface area contributed by atoms with Crippen LogP contribution in [0, 0.1) is 5.92 Å². The Morgan fingerprint density at radius 1 is 1.40 bits per heavy atom. The summed E-state index contributed by atoms with van der Waals surface area (Å²) in [5.41, 5.74) is 0.293. The Balaban J connectivity index is 3.04. The van der Waals surface area contributed by atoms with Crippen LogP contribution in [0.15, 0.2) is 6.07 Å². The zero-order valence-corrected chi connectivity index (χ0v) is 13.9. The number of aryl methyl sites for hydroxylation is 1. The lowest BCUT2D eigenvalue weighted by atomic mass is 10.2. The normalized spacial score (nSPS) is 11.7. The summed E-state index contributed by atoms with van der Waals surface area (Å²) >= 11 is 1.28. The van der Waals surface area contributed by atoms with Crippen LogP contribution in [0.4, 0.5) is 5.00 Å². The Hall–Kier alpha value is -1.08. The molecule has 114 valence electrons. The number of ether oxygens (including phenoxy) is 1. The predicted molar refractivity (Wildman–Crippen MR) is 81.9 cm³/mol. The second-order valence-corrected chi connectivity index (χ2v) is 7.71. The first-order chi connectivity index (χ1) is 9.29. The van der Waals surface area contributed by atoms with E-state index in [4.69, 9.17) is 4.74 Å². The molecule has 20 heavy (non-hydrogen) atoms. The Morgan fingerprint density at radius 3 is 2.55 bits per heavy atom. The first-order valence-corrected chi connectivity index (χ1v) is 9.06. The third-order valence-electron chi connectivity index (χ3n) is 2.43.